The Balaban J connectivity index is 1.58. The number of amides is 1. The summed E-state index contributed by atoms with van der Waals surface area (Å²) in [5.74, 6) is -0.458. The molecule has 0 saturated carbocycles. The average Bonchev–Trinajstić information content (AvgIpc) is 2.97. The number of aromatic amines is 1. The Kier molecular flexibility index (Phi) is 5.71. The van der Waals surface area contributed by atoms with Crippen LogP contribution in [0.5, 0.6) is 0 Å². The number of H-pyrrole nitrogens is 1. The third kappa shape index (κ3) is 4.46. The van der Waals surface area contributed by atoms with E-state index in [-0.39, 0.29) is 30.4 Å². The first-order valence-electron chi connectivity index (χ1n) is 8.44. The molecule has 2 atom stereocenters. The number of aromatic nitrogens is 1. The van der Waals surface area contributed by atoms with E-state index in [9.17, 15) is 13.2 Å². The number of sulfonamides is 1. The number of rotatable bonds is 5. The summed E-state index contributed by atoms with van der Waals surface area (Å²) in [6.07, 6.45) is -0.262. The highest BCUT2D eigenvalue weighted by Gasteiger charge is 2.30. The Morgan fingerprint density at radius 1 is 1.31 bits per heavy atom. The van der Waals surface area contributed by atoms with Gasteiger partial charge in [-0.25, -0.2) is 8.42 Å². The molecule has 9 heteroatoms. The first kappa shape index (κ1) is 19.3. The van der Waals surface area contributed by atoms with Gasteiger partial charge in [0.2, 0.25) is 10.0 Å². The molecular weight excluding hydrogens is 422 g/mol. The standard InChI is InChI=1S/C17H22BrN3O4S/c1-11-9-21(10-12(2)25-11)26(23,24)6-5-19-17(22)16-7-13-3-4-14(18)8-15(13)20-16/h3-4,7-8,11-12,20H,5-6,9-10H2,1-2H3,(H,19,22). The van der Waals surface area contributed by atoms with E-state index in [2.05, 4.69) is 26.2 Å². The molecule has 26 heavy (non-hydrogen) atoms. The summed E-state index contributed by atoms with van der Waals surface area (Å²) < 4.78 is 32.9. The molecule has 2 aromatic rings. The second kappa shape index (κ2) is 7.67. The van der Waals surface area contributed by atoms with Gasteiger partial charge in [-0.15, -0.1) is 0 Å². The minimum atomic E-state index is -3.44. The van der Waals surface area contributed by atoms with Gasteiger partial charge in [0.05, 0.1) is 18.0 Å². The van der Waals surface area contributed by atoms with Gasteiger partial charge in [0, 0.05) is 35.0 Å². The SMILES string of the molecule is CC1CN(S(=O)(=O)CCNC(=O)c2cc3ccc(Br)cc3[nH]2)CC(C)O1. The van der Waals surface area contributed by atoms with Crippen LogP contribution in [0.3, 0.4) is 0 Å². The van der Waals surface area contributed by atoms with E-state index < -0.39 is 10.0 Å². The first-order chi connectivity index (χ1) is 12.2. The molecule has 1 aromatic carbocycles. The molecule has 7 nitrogen and oxygen atoms in total. The lowest BCUT2D eigenvalue weighted by Gasteiger charge is -2.34. The quantitative estimate of drug-likeness (QED) is 0.739. The van der Waals surface area contributed by atoms with Gasteiger partial charge in [0.25, 0.3) is 5.91 Å². The highest BCUT2D eigenvalue weighted by Crippen LogP contribution is 2.20. The van der Waals surface area contributed by atoms with Gasteiger partial charge in [0.1, 0.15) is 5.69 Å². The number of hydrogen-bond acceptors (Lipinski definition) is 4. The number of ether oxygens (including phenoxy) is 1. The molecule has 0 spiro atoms. The molecule has 2 N–H and O–H groups in total. The molecule has 1 aliphatic rings. The Morgan fingerprint density at radius 3 is 2.69 bits per heavy atom. The van der Waals surface area contributed by atoms with Crippen LogP contribution in [0.4, 0.5) is 0 Å². The summed E-state index contributed by atoms with van der Waals surface area (Å²) in [5, 5.41) is 3.59. The lowest BCUT2D eigenvalue weighted by Crippen LogP contribution is -2.49. The number of halogens is 1. The van der Waals surface area contributed by atoms with Crippen molar-refractivity contribution < 1.29 is 17.9 Å². The second-order valence-corrected chi connectivity index (χ2v) is 9.56. The van der Waals surface area contributed by atoms with Crippen molar-refractivity contribution in [2.45, 2.75) is 26.1 Å². The van der Waals surface area contributed by atoms with Gasteiger partial charge >= 0.3 is 0 Å². The number of morpholine rings is 1. The molecule has 1 saturated heterocycles. The minimum absolute atomic E-state index is 0.0559. The topological polar surface area (TPSA) is 91.5 Å². The van der Waals surface area contributed by atoms with E-state index in [1.807, 2.05) is 32.0 Å². The zero-order chi connectivity index (χ0) is 18.9. The fraction of sp³-hybridized carbons (Fsp3) is 0.471. The van der Waals surface area contributed by atoms with Gasteiger partial charge in [-0.05, 0) is 32.0 Å². The zero-order valence-electron chi connectivity index (χ0n) is 14.7. The number of benzene rings is 1. The van der Waals surface area contributed by atoms with Crippen LogP contribution in [-0.2, 0) is 14.8 Å². The number of carbonyl (C=O) groups excluding carboxylic acids is 1. The Hall–Kier alpha value is -1.42. The number of fused-ring (bicyclic) bond motifs is 1. The van der Waals surface area contributed by atoms with Crippen LogP contribution in [0.2, 0.25) is 0 Å². The third-order valence-corrected chi connectivity index (χ3v) is 6.55. The molecule has 1 amide bonds. The van der Waals surface area contributed by atoms with E-state index in [0.717, 1.165) is 15.4 Å². The zero-order valence-corrected chi connectivity index (χ0v) is 17.1. The minimum Gasteiger partial charge on any atom is -0.373 e. The van der Waals surface area contributed by atoms with E-state index in [4.69, 9.17) is 4.74 Å². The largest absolute Gasteiger partial charge is 0.373 e. The second-order valence-electron chi connectivity index (χ2n) is 6.56. The van der Waals surface area contributed by atoms with Crippen LogP contribution >= 0.6 is 15.9 Å². The number of nitrogens with one attached hydrogen (secondary N) is 2. The van der Waals surface area contributed by atoms with Crippen molar-refractivity contribution in [3.05, 3.63) is 34.4 Å². The maximum Gasteiger partial charge on any atom is 0.267 e. The van der Waals surface area contributed by atoms with E-state index >= 15 is 0 Å². The summed E-state index contributed by atoms with van der Waals surface area (Å²) in [6, 6.07) is 7.43. The fourth-order valence-electron chi connectivity index (χ4n) is 3.10. The maximum absolute atomic E-state index is 12.5. The normalized spacial score (nSPS) is 21.8. The molecule has 2 heterocycles. The molecule has 1 aliphatic heterocycles. The summed E-state index contributed by atoms with van der Waals surface area (Å²) in [4.78, 5) is 15.3. The molecule has 0 radical (unpaired) electrons. The summed E-state index contributed by atoms with van der Waals surface area (Å²) >= 11 is 3.39. The predicted octanol–water partition coefficient (Wildman–Crippen LogP) is 2.10. The molecule has 1 aromatic heterocycles. The molecule has 2 unspecified atom stereocenters. The smallest absolute Gasteiger partial charge is 0.267 e. The Morgan fingerprint density at radius 2 is 2.00 bits per heavy atom. The molecule has 142 valence electrons. The summed E-state index contributed by atoms with van der Waals surface area (Å²) in [5.41, 5.74) is 1.25. The maximum atomic E-state index is 12.5. The van der Waals surface area contributed by atoms with E-state index in [1.54, 1.807) is 6.07 Å². The van der Waals surface area contributed by atoms with Crippen LogP contribution in [0.15, 0.2) is 28.7 Å². The Bertz CT molecular complexity index is 902. The molecule has 1 fully saturated rings. The van der Waals surface area contributed by atoms with Crippen LogP contribution in [0, 0.1) is 0 Å². The van der Waals surface area contributed by atoms with Crippen molar-refractivity contribution in [3.63, 3.8) is 0 Å². The third-order valence-electron chi connectivity index (χ3n) is 4.25. The number of nitrogens with zero attached hydrogens (tertiary/aromatic N) is 1. The summed E-state index contributed by atoms with van der Waals surface area (Å²) in [7, 11) is -3.44. The predicted molar refractivity (Wildman–Crippen MR) is 104 cm³/mol. The van der Waals surface area contributed by atoms with E-state index in [1.165, 1.54) is 4.31 Å². The molecule has 0 aliphatic carbocycles. The van der Waals surface area contributed by atoms with Gasteiger partial charge in [-0.1, -0.05) is 22.0 Å². The number of hydrogen-bond donors (Lipinski definition) is 2. The van der Waals surface area contributed by atoms with Gasteiger partial charge in [-0.3, -0.25) is 4.79 Å². The van der Waals surface area contributed by atoms with Crippen molar-refractivity contribution in [1.82, 2.24) is 14.6 Å². The average molecular weight is 444 g/mol. The molecule has 3 rings (SSSR count). The van der Waals surface area contributed by atoms with Gasteiger partial charge < -0.3 is 15.0 Å². The molecule has 0 bridgehead atoms. The van der Waals surface area contributed by atoms with Crippen LogP contribution in [0.25, 0.3) is 10.9 Å². The summed E-state index contributed by atoms with van der Waals surface area (Å²) in [6.45, 7) is 4.46. The fourth-order valence-corrected chi connectivity index (χ4v) is 4.95. The highest BCUT2D eigenvalue weighted by molar-refractivity contribution is 9.10. The van der Waals surface area contributed by atoms with Gasteiger partial charge in [-0.2, -0.15) is 4.31 Å². The molecular formula is C17H22BrN3O4S. The van der Waals surface area contributed by atoms with Crippen LogP contribution in [0.1, 0.15) is 24.3 Å². The van der Waals surface area contributed by atoms with Crippen molar-refractivity contribution in [3.8, 4) is 0 Å². The highest BCUT2D eigenvalue weighted by atomic mass is 79.9. The van der Waals surface area contributed by atoms with Gasteiger partial charge in [0.15, 0.2) is 0 Å². The van der Waals surface area contributed by atoms with Crippen LogP contribution in [-0.4, -0.2) is 61.2 Å². The van der Waals surface area contributed by atoms with E-state index in [0.29, 0.717) is 18.8 Å². The monoisotopic (exact) mass is 443 g/mol. The van der Waals surface area contributed by atoms with Crippen molar-refractivity contribution in [2.75, 3.05) is 25.4 Å². The van der Waals surface area contributed by atoms with Crippen molar-refractivity contribution in [1.29, 1.82) is 0 Å². The first-order valence-corrected chi connectivity index (χ1v) is 10.8. The Labute approximate surface area is 161 Å². The van der Waals surface area contributed by atoms with Crippen molar-refractivity contribution >= 4 is 42.8 Å². The van der Waals surface area contributed by atoms with Crippen molar-refractivity contribution in [2.24, 2.45) is 0 Å². The lowest BCUT2D eigenvalue weighted by atomic mass is 10.2. The van der Waals surface area contributed by atoms with Crippen LogP contribution < -0.4 is 5.32 Å². The lowest BCUT2D eigenvalue weighted by molar-refractivity contribution is -0.0440. The number of carbonyl (C=O) groups is 1.